The van der Waals surface area contributed by atoms with Crippen molar-refractivity contribution in [2.24, 2.45) is 5.73 Å². The van der Waals surface area contributed by atoms with E-state index in [-0.39, 0.29) is 18.1 Å². The van der Waals surface area contributed by atoms with Gasteiger partial charge in [0.25, 0.3) is 0 Å². The van der Waals surface area contributed by atoms with Crippen molar-refractivity contribution in [1.82, 2.24) is 0 Å². The van der Waals surface area contributed by atoms with Crippen LogP contribution in [0.4, 0.5) is 0 Å². The normalized spacial score (nSPS) is 20.2. The Kier molecular flexibility index (Phi) is 3.42. The van der Waals surface area contributed by atoms with Gasteiger partial charge in [-0.1, -0.05) is 29.3 Å². The number of nitrogens with two attached hydrogens (primary N) is 1. The zero-order valence-corrected chi connectivity index (χ0v) is 10.1. The Morgan fingerprint density at radius 1 is 1.44 bits per heavy atom. The lowest BCUT2D eigenvalue weighted by Gasteiger charge is -2.46. The molecule has 1 heterocycles. The fraction of sp³-hybridized carbons (Fsp3) is 0.455. The highest BCUT2D eigenvalue weighted by molar-refractivity contribution is 6.35. The third kappa shape index (κ3) is 1.83. The molecule has 1 aliphatic heterocycles. The van der Waals surface area contributed by atoms with Crippen molar-refractivity contribution in [2.45, 2.75) is 11.5 Å². The molecule has 1 unspecified atom stereocenters. The van der Waals surface area contributed by atoms with Crippen LogP contribution >= 0.6 is 23.2 Å². The van der Waals surface area contributed by atoms with Gasteiger partial charge in [-0.15, -0.1) is 0 Å². The van der Waals surface area contributed by atoms with Crippen LogP contribution < -0.4 is 5.73 Å². The molecule has 0 aromatic heterocycles. The molecule has 0 spiro atoms. The summed E-state index contributed by atoms with van der Waals surface area (Å²) >= 11 is 12.0. The Bertz CT molecular complexity index is 394. The van der Waals surface area contributed by atoms with Crippen molar-refractivity contribution in [3.05, 3.63) is 33.8 Å². The Labute approximate surface area is 104 Å². The highest BCUT2D eigenvalue weighted by Gasteiger charge is 2.46. The lowest BCUT2D eigenvalue weighted by atomic mass is 9.73. The summed E-state index contributed by atoms with van der Waals surface area (Å²) in [4.78, 5) is 0. The first-order valence-electron chi connectivity index (χ1n) is 5.00. The molecule has 0 bridgehead atoms. The molecule has 0 saturated carbocycles. The zero-order valence-electron chi connectivity index (χ0n) is 8.62. The van der Waals surface area contributed by atoms with Gasteiger partial charge in [0.2, 0.25) is 0 Å². The standard InChI is InChI=1S/C11H13Cl2NO2/c12-7-1-2-8(9(13)3-7)11(5-16-6-11)10(14)4-15/h1-3,10,15H,4-6,14H2. The van der Waals surface area contributed by atoms with E-state index < -0.39 is 0 Å². The van der Waals surface area contributed by atoms with Gasteiger partial charge in [0.15, 0.2) is 0 Å². The second-order valence-electron chi connectivity index (χ2n) is 4.06. The van der Waals surface area contributed by atoms with E-state index in [1.165, 1.54) is 0 Å². The van der Waals surface area contributed by atoms with Gasteiger partial charge < -0.3 is 15.6 Å². The van der Waals surface area contributed by atoms with Crippen molar-refractivity contribution >= 4 is 23.2 Å². The molecule has 88 valence electrons. The minimum atomic E-state index is -0.379. The number of aliphatic hydroxyl groups is 1. The molecule has 1 fully saturated rings. The molecule has 5 heteroatoms. The molecule has 0 aliphatic carbocycles. The molecule has 3 N–H and O–H groups in total. The van der Waals surface area contributed by atoms with Crippen molar-refractivity contribution in [3.8, 4) is 0 Å². The molecule has 0 amide bonds. The van der Waals surface area contributed by atoms with Gasteiger partial charge in [-0.3, -0.25) is 0 Å². The fourth-order valence-electron chi connectivity index (χ4n) is 1.96. The van der Waals surface area contributed by atoms with Gasteiger partial charge in [0.1, 0.15) is 0 Å². The van der Waals surface area contributed by atoms with Gasteiger partial charge in [-0.25, -0.2) is 0 Å². The molecule has 1 atom stereocenters. The third-order valence-corrected chi connectivity index (χ3v) is 3.64. The van der Waals surface area contributed by atoms with Crippen LogP contribution in [0, 0.1) is 0 Å². The smallest absolute Gasteiger partial charge is 0.0608 e. The highest BCUT2D eigenvalue weighted by atomic mass is 35.5. The lowest BCUT2D eigenvalue weighted by Crippen LogP contribution is -2.60. The van der Waals surface area contributed by atoms with Gasteiger partial charge in [0.05, 0.1) is 25.2 Å². The minimum Gasteiger partial charge on any atom is -0.395 e. The monoisotopic (exact) mass is 261 g/mol. The summed E-state index contributed by atoms with van der Waals surface area (Å²) < 4.78 is 5.22. The molecular weight excluding hydrogens is 249 g/mol. The predicted octanol–water partition coefficient (Wildman–Crippen LogP) is 1.58. The van der Waals surface area contributed by atoms with Crippen molar-refractivity contribution in [2.75, 3.05) is 19.8 Å². The number of hydrogen-bond acceptors (Lipinski definition) is 3. The number of ether oxygens (including phenoxy) is 1. The number of rotatable bonds is 3. The summed E-state index contributed by atoms with van der Waals surface area (Å²) in [7, 11) is 0. The Morgan fingerprint density at radius 3 is 2.56 bits per heavy atom. The number of benzene rings is 1. The van der Waals surface area contributed by atoms with Gasteiger partial charge in [0, 0.05) is 16.1 Å². The molecule has 1 aliphatic rings. The summed E-state index contributed by atoms with van der Waals surface area (Å²) in [6.07, 6.45) is 0. The summed E-state index contributed by atoms with van der Waals surface area (Å²) in [5.74, 6) is 0. The second kappa shape index (κ2) is 4.51. The average Bonchev–Trinajstić information content (AvgIpc) is 2.19. The largest absolute Gasteiger partial charge is 0.395 e. The van der Waals surface area contributed by atoms with Crippen LogP contribution in [-0.4, -0.2) is 31.0 Å². The maximum absolute atomic E-state index is 9.19. The Hall–Kier alpha value is -0.320. The van der Waals surface area contributed by atoms with Crippen molar-refractivity contribution < 1.29 is 9.84 Å². The van der Waals surface area contributed by atoms with E-state index in [1.807, 2.05) is 6.07 Å². The first kappa shape index (κ1) is 12.1. The highest BCUT2D eigenvalue weighted by Crippen LogP contribution is 2.39. The van der Waals surface area contributed by atoms with Crippen LogP contribution in [0.15, 0.2) is 18.2 Å². The van der Waals surface area contributed by atoms with Crippen LogP contribution in [0.2, 0.25) is 10.0 Å². The third-order valence-electron chi connectivity index (χ3n) is 3.09. The summed E-state index contributed by atoms with van der Waals surface area (Å²) in [6.45, 7) is 0.870. The average molecular weight is 262 g/mol. The van der Waals surface area contributed by atoms with Gasteiger partial charge >= 0.3 is 0 Å². The molecule has 16 heavy (non-hydrogen) atoms. The molecule has 3 nitrogen and oxygen atoms in total. The van der Waals surface area contributed by atoms with E-state index in [0.29, 0.717) is 23.3 Å². The second-order valence-corrected chi connectivity index (χ2v) is 4.91. The summed E-state index contributed by atoms with van der Waals surface area (Å²) in [5.41, 5.74) is 6.45. The maximum atomic E-state index is 9.19. The molecule has 1 saturated heterocycles. The van der Waals surface area contributed by atoms with E-state index in [9.17, 15) is 5.11 Å². The van der Waals surface area contributed by atoms with E-state index in [0.717, 1.165) is 5.56 Å². The summed E-state index contributed by atoms with van der Waals surface area (Å²) in [5, 5.41) is 10.3. The van der Waals surface area contributed by atoms with Crippen LogP contribution in [0.3, 0.4) is 0 Å². The molecule has 2 rings (SSSR count). The van der Waals surface area contributed by atoms with E-state index in [4.69, 9.17) is 33.7 Å². The molecule has 1 aromatic rings. The number of hydrogen-bond donors (Lipinski definition) is 2. The van der Waals surface area contributed by atoms with Crippen LogP contribution in [0.5, 0.6) is 0 Å². The van der Waals surface area contributed by atoms with E-state index in [1.54, 1.807) is 12.1 Å². The molecule has 1 aromatic carbocycles. The first-order chi connectivity index (χ1) is 7.60. The van der Waals surface area contributed by atoms with E-state index >= 15 is 0 Å². The first-order valence-corrected chi connectivity index (χ1v) is 5.75. The Balaban J connectivity index is 2.40. The van der Waals surface area contributed by atoms with Gasteiger partial charge in [-0.05, 0) is 17.7 Å². The fourth-order valence-corrected chi connectivity index (χ4v) is 2.56. The topological polar surface area (TPSA) is 55.5 Å². The van der Waals surface area contributed by atoms with Gasteiger partial charge in [-0.2, -0.15) is 0 Å². The minimum absolute atomic E-state index is 0.0949. The molecule has 0 radical (unpaired) electrons. The van der Waals surface area contributed by atoms with E-state index in [2.05, 4.69) is 0 Å². The number of halogens is 2. The Morgan fingerprint density at radius 2 is 2.12 bits per heavy atom. The van der Waals surface area contributed by atoms with Crippen LogP contribution in [0.25, 0.3) is 0 Å². The summed E-state index contributed by atoms with van der Waals surface area (Å²) in [6, 6.07) is 4.93. The lowest BCUT2D eigenvalue weighted by molar-refractivity contribution is -0.0797. The SMILES string of the molecule is NC(CO)C1(c2ccc(Cl)cc2Cl)COC1. The van der Waals surface area contributed by atoms with Crippen LogP contribution in [-0.2, 0) is 10.2 Å². The molecular formula is C11H13Cl2NO2. The van der Waals surface area contributed by atoms with Crippen molar-refractivity contribution in [3.63, 3.8) is 0 Å². The zero-order chi connectivity index (χ0) is 11.8. The van der Waals surface area contributed by atoms with Crippen LogP contribution in [0.1, 0.15) is 5.56 Å². The predicted molar refractivity (Wildman–Crippen MR) is 64.0 cm³/mol. The maximum Gasteiger partial charge on any atom is 0.0608 e. The number of aliphatic hydroxyl groups excluding tert-OH is 1. The van der Waals surface area contributed by atoms with Crippen molar-refractivity contribution in [1.29, 1.82) is 0 Å². The quantitative estimate of drug-likeness (QED) is 0.869.